The Balaban J connectivity index is 2.25. The predicted octanol–water partition coefficient (Wildman–Crippen LogP) is 3.23. The van der Waals surface area contributed by atoms with Gasteiger partial charge < -0.3 is 10.0 Å². The first kappa shape index (κ1) is 13.3. The Kier molecular flexibility index (Phi) is 4.53. The summed E-state index contributed by atoms with van der Waals surface area (Å²) in [7, 11) is 0. The third-order valence-corrected chi connectivity index (χ3v) is 3.43. The van der Waals surface area contributed by atoms with Crippen LogP contribution in [0.25, 0.3) is 0 Å². The van der Waals surface area contributed by atoms with Crippen LogP contribution < -0.4 is 4.90 Å². The van der Waals surface area contributed by atoms with Gasteiger partial charge in [-0.25, -0.2) is 8.78 Å². The van der Waals surface area contributed by atoms with E-state index in [-0.39, 0.29) is 17.9 Å². The molecule has 18 heavy (non-hydrogen) atoms. The molecule has 1 aromatic carbocycles. The molecule has 1 aliphatic heterocycles. The summed E-state index contributed by atoms with van der Waals surface area (Å²) in [5.74, 6) is -1.14. The minimum atomic E-state index is -0.570. The van der Waals surface area contributed by atoms with E-state index in [1.165, 1.54) is 18.6 Å². The molecule has 0 amide bonds. The van der Waals surface area contributed by atoms with Crippen molar-refractivity contribution in [1.29, 1.82) is 0 Å². The fourth-order valence-corrected chi connectivity index (χ4v) is 2.48. The maximum absolute atomic E-state index is 13.9. The van der Waals surface area contributed by atoms with Gasteiger partial charge in [-0.15, -0.1) is 0 Å². The smallest absolute Gasteiger partial charge is 0.149 e. The van der Waals surface area contributed by atoms with E-state index in [2.05, 4.69) is 0 Å². The number of halogens is 2. The van der Waals surface area contributed by atoms with E-state index >= 15 is 0 Å². The Labute approximate surface area is 106 Å². The molecular formula is C14H19F2NO. The van der Waals surface area contributed by atoms with Gasteiger partial charge >= 0.3 is 0 Å². The zero-order valence-corrected chi connectivity index (χ0v) is 10.5. The molecule has 4 heteroatoms. The number of rotatable bonds is 2. The first-order chi connectivity index (χ1) is 8.72. The maximum Gasteiger partial charge on any atom is 0.149 e. The molecule has 100 valence electrons. The lowest BCUT2D eigenvalue weighted by Gasteiger charge is -2.27. The maximum atomic E-state index is 13.9. The van der Waals surface area contributed by atoms with Crippen molar-refractivity contribution in [1.82, 2.24) is 0 Å². The fraction of sp³-hybridized carbons (Fsp3) is 0.571. The van der Waals surface area contributed by atoms with E-state index in [1.807, 2.05) is 0 Å². The number of anilines is 1. The second-order valence-electron chi connectivity index (χ2n) is 4.82. The van der Waals surface area contributed by atoms with Crippen LogP contribution in [0, 0.1) is 11.6 Å². The lowest BCUT2D eigenvalue weighted by Crippen LogP contribution is -2.29. The molecule has 0 radical (unpaired) electrons. The van der Waals surface area contributed by atoms with Gasteiger partial charge in [0.05, 0.1) is 6.61 Å². The molecule has 0 saturated carbocycles. The van der Waals surface area contributed by atoms with E-state index < -0.39 is 11.6 Å². The van der Waals surface area contributed by atoms with E-state index in [0.717, 1.165) is 25.7 Å². The number of hydrogen-bond acceptors (Lipinski definition) is 2. The molecule has 0 bridgehead atoms. The van der Waals surface area contributed by atoms with Gasteiger partial charge in [0.2, 0.25) is 0 Å². The molecular weight excluding hydrogens is 236 g/mol. The van der Waals surface area contributed by atoms with Gasteiger partial charge in [-0.2, -0.15) is 0 Å². The molecule has 1 N–H and O–H groups in total. The van der Waals surface area contributed by atoms with Gasteiger partial charge in [-0.05, 0) is 30.5 Å². The summed E-state index contributed by atoms with van der Waals surface area (Å²) in [6, 6.07) is 2.44. The second kappa shape index (κ2) is 6.14. The van der Waals surface area contributed by atoms with Gasteiger partial charge in [0.15, 0.2) is 0 Å². The van der Waals surface area contributed by atoms with E-state index in [9.17, 15) is 8.78 Å². The monoisotopic (exact) mass is 255 g/mol. The first-order valence-corrected chi connectivity index (χ1v) is 6.56. The topological polar surface area (TPSA) is 23.5 Å². The highest BCUT2D eigenvalue weighted by atomic mass is 19.1. The molecule has 1 fully saturated rings. The molecule has 1 aromatic rings. The third kappa shape index (κ3) is 2.99. The Morgan fingerprint density at radius 2 is 1.44 bits per heavy atom. The SMILES string of the molecule is OCc1cc(F)c(N2CCCCCCC2)c(F)c1. The molecule has 1 aliphatic rings. The van der Waals surface area contributed by atoms with Crippen LogP contribution in [0.5, 0.6) is 0 Å². The molecule has 0 spiro atoms. The Morgan fingerprint density at radius 1 is 0.944 bits per heavy atom. The lowest BCUT2D eigenvalue weighted by atomic mass is 10.1. The van der Waals surface area contributed by atoms with Crippen LogP contribution in [0.1, 0.15) is 37.7 Å². The highest BCUT2D eigenvalue weighted by Gasteiger charge is 2.18. The summed E-state index contributed by atoms with van der Waals surface area (Å²) in [5, 5.41) is 8.92. The summed E-state index contributed by atoms with van der Waals surface area (Å²) in [6.07, 6.45) is 5.40. The van der Waals surface area contributed by atoms with Crippen molar-refractivity contribution in [2.45, 2.75) is 38.7 Å². The Hall–Kier alpha value is -1.16. The van der Waals surface area contributed by atoms with Gasteiger partial charge in [-0.1, -0.05) is 19.3 Å². The van der Waals surface area contributed by atoms with Crippen molar-refractivity contribution >= 4 is 5.69 Å². The van der Waals surface area contributed by atoms with Crippen LogP contribution >= 0.6 is 0 Å². The summed E-state index contributed by atoms with van der Waals surface area (Å²) in [5.41, 5.74) is 0.342. The van der Waals surface area contributed by atoms with E-state index in [0.29, 0.717) is 13.1 Å². The Morgan fingerprint density at radius 3 is 1.94 bits per heavy atom. The van der Waals surface area contributed by atoms with Gasteiger partial charge in [0.25, 0.3) is 0 Å². The van der Waals surface area contributed by atoms with E-state index in [4.69, 9.17) is 5.11 Å². The minimum Gasteiger partial charge on any atom is -0.392 e. The number of benzene rings is 1. The molecule has 1 heterocycles. The third-order valence-electron chi connectivity index (χ3n) is 3.43. The average Bonchev–Trinajstić information content (AvgIpc) is 2.30. The van der Waals surface area contributed by atoms with Gasteiger partial charge in [-0.3, -0.25) is 0 Å². The molecule has 0 unspecified atom stereocenters. The van der Waals surface area contributed by atoms with Crippen molar-refractivity contribution in [3.8, 4) is 0 Å². The second-order valence-corrected chi connectivity index (χ2v) is 4.82. The zero-order valence-electron chi connectivity index (χ0n) is 10.5. The average molecular weight is 255 g/mol. The number of aliphatic hydroxyl groups is 1. The lowest BCUT2D eigenvalue weighted by molar-refractivity contribution is 0.280. The quantitative estimate of drug-likeness (QED) is 0.877. The van der Waals surface area contributed by atoms with Crippen molar-refractivity contribution in [2.24, 2.45) is 0 Å². The van der Waals surface area contributed by atoms with Crippen LogP contribution in [0.3, 0.4) is 0 Å². The summed E-state index contributed by atoms with van der Waals surface area (Å²) in [4.78, 5) is 1.80. The molecule has 0 aromatic heterocycles. The molecule has 1 saturated heterocycles. The predicted molar refractivity (Wildman–Crippen MR) is 67.6 cm³/mol. The summed E-state index contributed by atoms with van der Waals surface area (Å²) in [6.45, 7) is 1.06. The molecule has 0 aliphatic carbocycles. The van der Waals surface area contributed by atoms with E-state index in [1.54, 1.807) is 4.90 Å². The largest absolute Gasteiger partial charge is 0.392 e. The number of aliphatic hydroxyl groups excluding tert-OH is 1. The fourth-order valence-electron chi connectivity index (χ4n) is 2.48. The van der Waals surface area contributed by atoms with Gasteiger partial charge in [0, 0.05) is 13.1 Å². The number of hydrogen-bond donors (Lipinski definition) is 1. The summed E-state index contributed by atoms with van der Waals surface area (Å²) < 4.78 is 27.8. The van der Waals surface area contributed by atoms with Crippen LogP contribution in [-0.2, 0) is 6.61 Å². The molecule has 2 nitrogen and oxygen atoms in total. The first-order valence-electron chi connectivity index (χ1n) is 6.56. The van der Waals surface area contributed by atoms with Crippen LogP contribution in [0.15, 0.2) is 12.1 Å². The minimum absolute atomic E-state index is 0.0640. The van der Waals surface area contributed by atoms with Crippen molar-refractivity contribution in [3.63, 3.8) is 0 Å². The van der Waals surface area contributed by atoms with Crippen molar-refractivity contribution in [2.75, 3.05) is 18.0 Å². The highest BCUT2D eigenvalue weighted by molar-refractivity contribution is 5.50. The van der Waals surface area contributed by atoms with Crippen LogP contribution in [0.4, 0.5) is 14.5 Å². The van der Waals surface area contributed by atoms with Crippen molar-refractivity contribution in [3.05, 3.63) is 29.3 Å². The summed E-state index contributed by atoms with van der Waals surface area (Å²) >= 11 is 0. The zero-order chi connectivity index (χ0) is 13.0. The highest BCUT2D eigenvalue weighted by Crippen LogP contribution is 2.27. The Bertz CT molecular complexity index is 378. The van der Waals surface area contributed by atoms with Crippen molar-refractivity contribution < 1.29 is 13.9 Å². The standard InChI is InChI=1S/C14H19F2NO/c15-12-8-11(10-18)9-13(16)14(12)17-6-4-2-1-3-5-7-17/h8-9,18H,1-7,10H2. The van der Waals surface area contributed by atoms with Crippen LogP contribution in [-0.4, -0.2) is 18.2 Å². The normalized spacial score (nSPS) is 17.4. The number of nitrogens with zero attached hydrogens (tertiary/aromatic N) is 1. The molecule has 2 rings (SSSR count). The van der Waals surface area contributed by atoms with Crippen LogP contribution in [0.2, 0.25) is 0 Å². The van der Waals surface area contributed by atoms with Gasteiger partial charge in [0.1, 0.15) is 17.3 Å². The molecule has 0 atom stereocenters.